The average Bonchev–Trinajstić information content (AvgIpc) is 3.50. The molecule has 8 nitrogen and oxygen atoms in total. The van der Waals surface area contributed by atoms with E-state index in [1.54, 1.807) is 6.20 Å². The molecule has 0 spiro atoms. The molecule has 2 fully saturated rings. The first kappa shape index (κ1) is 20.6. The lowest BCUT2D eigenvalue weighted by Crippen LogP contribution is -2.42. The lowest BCUT2D eigenvalue weighted by molar-refractivity contribution is -0.125. The maximum absolute atomic E-state index is 12.3. The first-order chi connectivity index (χ1) is 15.1. The van der Waals surface area contributed by atoms with Gasteiger partial charge in [-0.05, 0) is 24.0 Å². The predicted octanol–water partition coefficient (Wildman–Crippen LogP) is 0.469. The SMILES string of the molecule is Cn1ccnc1CNC(=O)C[C@@H]1C[C@H]2O[C@H](CNC3Cc4ccccc4C3)[C@@H](O)[C@H]2O1. The highest BCUT2D eigenvalue weighted by molar-refractivity contribution is 5.76. The summed E-state index contributed by atoms with van der Waals surface area (Å²) in [7, 11) is 1.89. The van der Waals surface area contributed by atoms with Gasteiger partial charge in [0.05, 0.1) is 31.3 Å². The number of aryl methyl sites for hydroxylation is 1. The molecule has 0 saturated carbocycles. The minimum Gasteiger partial charge on any atom is -0.388 e. The van der Waals surface area contributed by atoms with E-state index in [2.05, 4.69) is 39.9 Å². The van der Waals surface area contributed by atoms with Crippen LogP contribution in [0.2, 0.25) is 0 Å². The molecule has 1 amide bonds. The molecule has 166 valence electrons. The second kappa shape index (κ2) is 8.70. The van der Waals surface area contributed by atoms with Crippen molar-refractivity contribution in [3.63, 3.8) is 0 Å². The van der Waals surface area contributed by atoms with E-state index in [4.69, 9.17) is 9.47 Å². The van der Waals surface area contributed by atoms with Crippen molar-refractivity contribution in [3.05, 3.63) is 53.6 Å². The van der Waals surface area contributed by atoms with E-state index in [0.29, 0.717) is 25.6 Å². The number of carbonyl (C=O) groups is 1. The van der Waals surface area contributed by atoms with E-state index in [9.17, 15) is 9.90 Å². The van der Waals surface area contributed by atoms with Crippen molar-refractivity contribution in [1.82, 2.24) is 20.2 Å². The molecule has 3 aliphatic rings. The molecule has 1 aromatic heterocycles. The zero-order valence-electron chi connectivity index (χ0n) is 17.7. The van der Waals surface area contributed by atoms with Crippen molar-refractivity contribution in [2.45, 2.75) is 68.8 Å². The number of amides is 1. The second-order valence-electron chi connectivity index (χ2n) is 8.88. The Kier molecular flexibility index (Phi) is 5.79. The number of aromatic nitrogens is 2. The molecule has 8 heteroatoms. The van der Waals surface area contributed by atoms with E-state index in [-0.39, 0.29) is 36.7 Å². The molecule has 2 aliphatic heterocycles. The highest BCUT2D eigenvalue weighted by Crippen LogP contribution is 2.35. The minimum atomic E-state index is -0.679. The molecule has 0 unspecified atom stereocenters. The summed E-state index contributed by atoms with van der Waals surface area (Å²) in [6.45, 7) is 0.991. The van der Waals surface area contributed by atoms with Crippen LogP contribution < -0.4 is 10.6 Å². The first-order valence-corrected chi connectivity index (χ1v) is 11.1. The number of benzene rings is 1. The molecular weight excluding hydrogens is 396 g/mol. The van der Waals surface area contributed by atoms with E-state index in [0.717, 1.165) is 18.7 Å². The Hall–Kier alpha value is -2.26. The van der Waals surface area contributed by atoms with Crippen LogP contribution >= 0.6 is 0 Å². The molecular formula is C23H30N4O4. The molecule has 31 heavy (non-hydrogen) atoms. The maximum Gasteiger partial charge on any atom is 0.222 e. The summed E-state index contributed by atoms with van der Waals surface area (Å²) in [5, 5.41) is 17.2. The van der Waals surface area contributed by atoms with Gasteiger partial charge in [-0.25, -0.2) is 4.98 Å². The molecule has 0 radical (unpaired) electrons. The highest BCUT2D eigenvalue weighted by atomic mass is 16.6. The summed E-state index contributed by atoms with van der Waals surface area (Å²) in [6.07, 6.45) is 4.75. The molecule has 2 aromatic rings. The van der Waals surface area contributed by atoms with Crippen LogP contribution in [-0.4, -0.2) is 63.7 Å². The number of carbonyl (C=O) groups excluding carboxylic acids is 1. The Morgan fingerprint density at radius 1 is 1.26 bits per heavy atom. The number of rotatable bonds is 7. The smallest absolute Gasteiger partial charge is 0.222 e. The number of imidazole rings is 1. The predicted molar refractivity (Wildman–Crippen MR) is 113 cm³/mol. The van der Waals surface area contributed by atoms with Crippen molar-refractivity contribution >= 4 is 5.91 Å². The van der Waals surface area contributed by atoms with E-state index >= 15 is 0 Å². The van der Waals surface area contributed by atoms with Gasteiger partial charge in [0, 0.05) is 38.4 Å². The molecule has 5 rings (SSSR count). The van der Waals surface area contributed by atoms with Crippen LogP contribution in [0.15, 0.2) is 36.7 Å². The number of nitrogens with one attached hydrogen (secondary N) is 2. The fourth-order valence-corrected chi connectivity index (χ4v) is 5.02. The third-order valence-electron chi connectivity index (χ3n) is 6.71. The highest BCUT2D eigenvalue weighted by Gasteiger charge is 2.50. The number of nitrogens with zero attached hydrogens (tertiary/aromatic N) is 2. The van der Waals surface area contributed by atoms with Crippen LogP contribution in [0.3, 0.4) is 0 Å². The third kappa shape index (κ3) is 4.39. The van der Waals surface area contributed by atoms with E-state index < -0.39 is 6.10 Å². The number of fused-ring (bicyclic) bond motifs is 2. The second-order valence-corrected chi connectivity index (χ2v) is 8.88. The van der Waals surface area contributed by atoms with Crippen LogP contribution in [0, 0.1) is 0 Å². The number of hydrogen-bond acceptors (Lipinski definition) is 6. The number of ether oxygens (including phenoxy) is 2. The number of hydrogen-bond donors (Lipinski definition) is 3. The fourth-order valence-electron chi connectivity index (χ4n) is 5.02. The lowest BCUT2D eigenvalue weighted by Gasteiger charge is -2.22. The molecule has 5 atom stereocenters. The van der Waals surface area contributed by atoms with Crippen LogP contribution in [0.4, 0.5) is 0 Å². The Balaban J connectivity index is 1.05. The Bertz CT molecular complexity index is 907. The van der Waals surface area contributed by atoms with Crippen LogP contribution in [0.5, 0.6) is 0 Å². The normalized spacial score (nSPS) is 29.8. The quantitative estimate of drug-likeness (QED) is 0.596. The summed E-state index contributed by atoms with van der Waals surface area (Å²) < 4.78 is 14.0. The van der Waals surface area contributed by atoms with Gasteiger partial charge < -0.3 is 29.8 Å². The average molecular weight is 427 g/mol. The van der Waals surface area contributed by atoms with Gasteiger partial charge in [0.2, 0.25) is 5.91 Å². The van der Waals surface area contributed by atoms with Gasteiger partial charge in [-0.3, -0.25) is 4.79 Å². The fraction of sp³-hybridized carbons (Fsp3) is 0.565. The Morgan fingerprint density at radius 2 is 2.03 bits per heavy atom. The first-order valence-electron chi connectivity index (χ1n) is 11.1. The van der Waals surface area contributed by atoms with Gasteiger partial charge in [-0.1, -0.05) is 24.3 Å². The summed E-state index contributed by atoms with van der Waals surface area (Å²) in [5.41, 5.74) is 2.80. The molecule has 3 N–H and O–H groups in total. The van der Waals surface area contributed by atoms with Gasteiger partial charge in [0.15, 0.2) is 0 Å². The Morgan fingerprint density at radius 3 is 2.71 bits per heavy atom. The lowest BCUT2D eigenvalue weighted by atomic mass is 10.1. The van der Waals surface area contributed by atoms with Crippen LogP contribution in [0.25, 0.3) is 0 Å². The molecule has 2 saturated heterocycles. The van der Waals surface area contributed by atoms with Gasteiger partial charge in [0.25, 0.3) is 0 Å². The maximum atomic E-state index is 12.3. The monoisotopic (exact) mass is 426 g/mol. The zero-order valence-corrected chi connectivity index (χ0v) is 17.7. The van der Waals surface area contributed by atoms with Crippen molar-refractivity contribution in [3.8, 4) is 0 Å². The van der Waals surface area contributed by atoms with Crippen molar-refractivity contribution in [2.75, 3.05) is 6.54 Å². The van der Waals surface area contributed by atoms with Gasteiger partial charge in [-0.2, -0.15) is 0 Å². The van der Waals surface area contributed by atoms with E-state index in [1.807, 2.05) is 17.8 Å². The number of aliphatic hydroxyl groups is 1. The van der Waals surface area contributed by atoms with Crippen molar-refractivity contribution < 1.29 is 19.4 Å². The third-order valence-corrected chi connectivity index (χ3v) is 6.71. The molecule has 0 bridgehead atoms. The summed E-state index contributed by atoms with van der Waals surface area (Å²) in [5.74, 6) is 0.721. The van der Waals surface area contributed by atoms with Crippen molar-refractivity contribution in [1.29, 1.82) is 0 Å². The van der Waals surface area contributed by atoms with Crippen molar-refractivity contribution in [2.24, 2.45) is 7.05 Å². The molecule has 3 heterocycles. The standard InChI is InChI=1S/C23H30N4O4/c1-27-7-6-24-20(27)13-26-21(28)11-17-10-18-23(30-17)22(29)19(31-18)12-25-16-8-14-4-2-3-5-15(14)9-16/h2-7,16-19,22-23,25,29H,8-13H2,1H3,(H,26,28)/t17-,18+,19+,22+,23-/m0/s1. The van der Waals surface area contributed by atoms with Gasteiger partial charge >= 0.3 is 0 Å². The molecule has 1 aliphatic carbocycles. The van der Waals surface area contributed by atoms with Gasteiger partial charge in [0.1, 0.15) is 18.0 Å². The molecule has 1 aromatic carbocycles. The van der Waals surface area contributed by atoms with Crippen LogP contribution in [-0.2, 0) is 40.7 Å². The van der Waals surface area contributed by atoms with Crippen LogP contribution in [0.1, 0.15) is 29.8 Å². The summed E-state index contributed by atoms with van der Waals surface area (Å²) in [4.78, 5) is 16.5. The Labute approximate surface area is 182 Å². The topological polar surface area (TPSA) is 97.6 Å². The zero-order chi connectivity index (χ0) is 21.4. The summed E-state index contributed by atoms with van der Waals surface area (Å²) >= 11 is 0. The minimum absolute atomic E-state index is 0.0820. The van der Waals surface area contributed by atoms with Gasteiger partial charge in [-0.15, -0.1) is 0 Å². The van der Waals surface area contributed by atoms with E-state index in [1.165, 1.54) is 11.1 Å². The summed E-state index contributed by atoms with van der Waals surface area (Å²) in [6, 6.07) is 8.91. The largest absolute Gasteiger partial charge is 0.388 e. The number of aliphatic hydroxyl groups excluding tert-OH is 1.